The second-order valence-corrected chi connectivity index (χ2v) is 2.84. The van der Waals surface area contributed by atoms with Crippen molar-refractivity contribution in [2.24, 2.45) is 0 Å². The molecule has 0 aliphatic carbocycles. The molecule has 2 nitrogen and oxygen atoms in total. The van der Waals surface area contributed by atoms with E-state index in [9.17, 15) is 4.79 Å². The maximum atomic E-state index is 9.55. The van der Waals surface area contributed by atoms with Gasteiger partial charge in [-0.2, -0.15) is 0 Å². The molecule has 1 N–H and O–H groups in total. The molecule has 0 spiro atoms. The fourth-order valence-electron chi connectivity index (χ4n) is 0.0808. The van der Waals surface area contributed by atoms with Crippen molar-refractivity contribution in [2.75, 3.05) is 0 Å². The largest absolute Gasteiger partial charge is 0.482 e. The van der Waals surface area contributed by atoms with Crippen molar-refractivity contribution in [3.05, 3.63) is 0 Å². The standard InChI is InChI=1S/C2H3O2.2Al.ClH.4H/c1-2(3)4;;;;;;;/h1H2,(H,3,4);;;1H;;;;/q;;+1;;;;;/p-1. The maximum Gasteiger partial charge on any atom is 0.388 e. The molecule has 0 rings (SSSR count). The first-order chi connectivity index (χ1) is 2.77. The Labute approximate surface area is 62.9 Å². The van der Waals surface area contributed by atoms with E-state index in [4.69, 9.17) is 15.2 Å². The zero-order valence-corrected chi connectivity index (χ0v) is 5.32. The highest BCUT2D eigenvalue weighted by molar-refractivity contribution is 6.94. The molecular formula is C2H7Al2ClO2. The molecule has 0 saturated heterocycles. The Bertz CT molecular complexity index is 57.7. The van der Waals surface area contributed by atoms with Gasteiger partial charge in [-0.3, -0.25) is 14.8 Å². The van der Waals surface area contributed by atoms with Gasteiger partial charge in [-0.15, -0.1) is 0 Å². The summed E-state index contributed by atoms with van der Waals surface area (Å²) in [6.07, 6.45) is 0. The van der Waals surface area contributed by atoms with Gasteiger partial charge in [-0.25, -0.2) is 0 Å². The lowest BCUT2D eigenvalue weighted by atomic mass is 10.8. The summed E-state index contributed by atoms with van der Waals surface area (Å²) in [7, 11) is 5.15. The van der Waals surface area contributed by atoms with E-state index in [1.807, 2.05) is 0 Å². The lowest BCUT2D eigenvalue weighted by Crippen LogP contribution is -1.93. The van der Waals surface area contributed by atoms with Crippen LogP contribution >= 0.6 is 10.0 Å². The smallest absolute Gasteiger partial charge is 0.388 e. The van der Waals surface area contributed by atoms with E-state index >= 15 is 0 Å². The van der Waals surface area contributed by atoms with Gasteiger partial charge in [0.25, 0.3) is 5.97 Å². The van der Waals surface area contributed by atoms with Gasteiger partial charge in [0.1, 0.15) is 0 Å². The molecule has 0 fully saturated rings. The molecule has 0 aromatic rings. The summed E-state index contributed by atoms with van der Waals surface area (Å²) in [6, 6.07) is 0. The predicted octanol–water partition coefficient (Wildman–Crippen LogP) is -1.10. The van der Waals surface area contributed by atoms with E-state index in [1.165, 1.54) is 0 Å². The van der Waals surface area contributed by atoms with Gasteiger partial charge in [0.2, 0.25) is 0 Å². The minimum Gasteiger partial charge on any atom is -0.482 e. The Morgan fingerprint density at radius 2 is 2.29 bits per heavy atom. The number of carbonyl (C=O) groups is 1. The van der Waals surface area contributed by atoms with Gasteiger partial charge in [0.05, 0.1) is 0 Å². The van der Waals surface area contributed by atoms with Crippen LogP contribution in [-0.2, 0) is 4.79 Å². The average Bonchev–Trinajstić information content (AvgIpc) is 1.35. The first kappa shape index (κ1) is 10.7. The molecule has 0 heterocycles. The maximum absolute atomic E-state index is 9.55. The Hall–Kier alpha value is 0.825. The van der Waals surface area contributed by atoms with E-state index in [2.05, 4.69) is 0 Å². The van der Waals surface area contributed by atoms with E-state index in [1.54, 1.807) is 0 Å². The van der Waals surface area contributed by atoms with E-state index in [0.29, 0.717) is 0 Å². The molecule has 0 aromatic heterocycles. The van der Waals surface area contributed by atoms with Crippen LogP contribution in [0.15, 0.2) is 0 Å². The minimum atomic E-state index is -0.781. The number of carboxylic acids is 1. The Morgan fingerprint density at radius 3 is 2.29 bits per heavy atom. The predicted molar refractivity (Wildman–Crippen MR) is 35.4 cm³/mol. The monoisotopic (exact) mass is 152 g/mol. The third-order valence-corrected chi connectivity index (χ3v) is 1.49. The molecule has 0 aliphatic heterocycles. The van der Waals surface area contributed by atoms with Crippen molar-refractivity contribution in [2.45, 2.75) is 5.28 Å². The van der Waals surface area contributed by atoms with Crippen LogP contribution in [0.25, 0.3) is 0 Å². The van der Waals surface area contributed by atoms with Gasteiger partial charge >= 0.3 is 14.3 Å². The molecule has 0 radical (unpaired) electrons. The number of rotatable bonds is 2. The molecule has 5 heteroatoms. The van der Waals surface area contributed by atoms with Crippen LogP contribution in [0.2, 0.25) is 5.28 Å². The van der Waals surface area contributed by atoms with Crippen LogP contribution in [0.4, 0.5) is 0 Å². The van der Waals surface area contributed by atoms with Crippen molar-refractivity contribution >= 4 is 47.7 Å². The molecular weight excluding hydrogens is 145 g/mol. The van der Waals surface area contributed by atoms with Crippen LogP contribution < -0.4 is 0 Å². The van der Waals surface area contributed by atoms with Crippen LogP contribution in [0.1, 0.15) is 0 Å². The van der Waals surface area contributed by atoms with Gasteiger partial charge in [0.15, 0.2) is 17.4 Å². The fraction of sp³-hybridized carbons (Fsp3) is 0.500. The van der Waals surface area contributed by atoms with Crippen molar-refractivity contribution < 1.29 is 9.90 Å². The van der Waals surface area contributed by atoms with Crippen LogP contribution in [-0.4, -0.2) is 42.7 Å². The summed E-state index contributed by atoms with van der Waals surface area (Å²) >= 11 is -0.761. The topological polar surface area (TPSA) is 37.3 Å². The number of halogens is 1. The molecule has 0 saturated carbocycles. The zero-order chi connectivity index (χ0) is 4.99. The molecule has 0 aliphatic rings. The third kappa shape index (κ3) is 10.9. The Balaban J connectivity index is 0. The highest BCUT2D eigenvalue weighted by atomic mass is 35.6. The molecule has 0 unspecified atom stereocenters. The third-order valence-electron chi connectivity index (χ3n) is 0.308. The number of hydrogen-bond acceptors (Lipinski definition) is 1. The van der Waals surface area contributed by atoms with E-state index < -0.39 is 20.3 Å². The molecule has 0 bridgehead atoms. The summed E-state index contributed by atoms with van der Waals surface area (Å²) in [6.45, 7) is 0. The zero-order valence-electron chi connectivity index (χ0n) is 3.15. The summed E-state index contributed by atoms with van der Waals surface area (Å²) < 4.78 is 0. The summed E-state index contributed by atoms with van der Waals surface area (Å²) in [4.78, 5) is 9.55. The van der Waals surface area contributed by atoms with Crippen LogP contribution in [0, 0.1) is 0 Å². The summed E-state index contributed by atoms with van der Waals surface area (Å²) in [5, 5.41) is 8.06. The first-order valence-corrected chi connectivity index (χ1v) is 4.69. The van der Waals surface area contributed by atoms with Crippen LogP contribution in [0.5, 0.6) is 0 Å². The molecule has 0 amide bonds. The van der Waals surface area contributed by atoms with E-state index in [-0.39, 0.29) is 22.6 Å². The second kappa shape index (κ2) is 6.82. The van der Waals surface area contributed by atoms with E-state index in [0.717, 1.165) is 0 Å². The normalized spacial score (nSPS) is 6.43. The number of carboxylic acid groups (broad SMARTS) is 1. The molecule has 40 valence electrons. The average molecular weight is 152 g/mol. The number of aliphatic carboxylic acids is 1. The molecule has 0 aromatic carbocycles. The first-order valence-electron chi connectivity index (χ1n) is 1.55. The highest BCUT2D eigenvalue weighted by Gasteiger charge is 1.94. The lowest BCUT2D eigenvalue weighted by molar-refractivity contribution is -0.134. The highest BCUT2D eigenvalue weighted by Crippen LogP contribution is 1.78. The second-order valence-electron chi connectivity index (χ2n) is 0.833. The van der Waals surface area contributed by atoms with Crippen molar-refractivity contribution in [3.63, 3.8) is 0 Å². The Morgan fingerprint density at radius 1 is 1.86 bits per heavy atom. The van der Waals surface area contributed by atoms with Crippen molar-refractivity contribution in [3.8, 4) is 0 Å². The van der Waals surface area contributed by atoms with Crippen molar-refractivity contribution in [1.82, 2.24) is 0 Å². The quantitative estimate of drug-likeness (QED) is 0.510. The SMILES string of the molecule is O=C(O)[CH2][AlH][Cl].[AlH3]. The van der Waals surface area contributed by atoms with Crippen LogP contribution in [0.3, 0.4) is 0 Å². The molecule has 0 atom stereocenters. The van der Waals surface area contributed by atoms with Gasteiger partial charge < -0.3 is 5.11 Å². The summed E-state index contributed by atoms with van der Waals surface area (Å²) in [5.41, 5.74) is 0. The van der Waals surface area contributed by atoms with Gasteiger partial charge in [-0.05, 0) is 0 Å². The van der Waals surface area contributed by atoms with Gasteiger partial charge in [0, 0.05) is 5.28 Å². The fourth-order valence-corrected chi connectivity index (χ4v) is 0.728. The molecule has 7 heavy (non-hydrogen) atoms. The summed E-state index contributed by atoms with van der Waals surface area (Å²) in [5.74, 6) is -0.781. The lowest BCUT2D eigenvalue weighted by Gasteiger charge is -1.75. The van der Waals surface area contributed by atoms with Crippen molar-refractivity contribution in [1.29, 1.82) is 0 Å². The van der Waals surface area contributed by atoms with Gasteiger partial charge in [-0.1, -0.05) is 0 Å². The minimum absolute atomic E-state index is 0. The Kier molecular flexibility index (Phi) is 10.5. The number of hydrogen-bond donors (Lipinski definition) is 1.